The van der Waals surface area contributed by atoms with Crippen LogP contribution in [-0.2, 0) is 11.2 Å². The van der Waals surface area contributed by atoms with Gasteiger partial charge in [-0.15, -0.1) is 0 Å². The number of hydrogen-bond acceptors (Lipinski definition) is 3. The molecule has 3 saturated heterocycles. The van der Waals surface area contributed by atoms with Gasteiger partial charge in [0, 0.05) is 38.1 Å². The van der Waals surface area contributed by atoms with Crippen LogP contribution in [0.4, 0.5) is 0 Å². The van der Waals surface area contributed by atoms with Crippen molar-refractivity contribution in [1.29, 1.82) is 0 Å². The number of rotatable bonds is 7. The number of piperidine rings is 2. The predicted octanol–water partition coefficient (Wildman–Crippen LogP) is 2.94. The highest BCUT2D eigenvalue weighted by Crippen LogP contribution is 2.52. The molecular weight excluding hydrogens is 346 g/mol. The Kier molecular flexibility index (Phi) is 5.54. The normalized spacial score (nSPS) is 34.4. The highest BCUT2D eigenvalue weighted by molar-refractivity contribution is 5.87. The van der Waals surface area contributed by atoms with Crippen molar-refractivity contribution in [3.05, 3.63) is 35.9 Å². The van der Waals surface area contributed by atoms with Gasteiger partial charge in [0.05, 0.1) is 0 Å². The Hall–Kier alpha value is -1.39. The zero-order chi connectivity index (χ0) is 19.9. The molecule has 0 spiro atoms. The van der Waals surface area contributed by atoms with Crippen LogP contribution in [0.15, 0.2) is 30.3 Å². The molecule has 4 bridgehead atoms. The first-order valence-corrected chi connectivity index (χ1v) is 11.2. The first-order chi connectivity index (χ1) is 13.4. The molecule has 5 rings (SSSR count). The molecule has 5 unspecified atom stereocenters. The third-order valence-corrected chi connectivity index (χ3v) is 7.19. The Morgan fingerprint density at radius 2 is 1.96 bits per heavy atom. The molecule has 4 heteroatoms. The number of nitrogens with one attached hydrogen (secondary N) is 2. The highest BCUT2D eigenvalue weighted by atomic mass is 16.2. The Bertz CT molecular complexity index is 688. The van der Waals surface area contributed by atoms with Crippen LogP contribution in [0.25, 0.3) is 0 Å². The van der Waals surface area contributed by atoms with Crippen LogP contribution in [0.2, 0.25) is 0 Å². The summed E-state index contributed by atoms with van der Waals surface area (Å²) in [5, 5.41) is 7.05. The highest BCUT2D eigenvalue weighted by Gasteiger charge is 2.64. The van der Waals surface area contributed by atoms with Gasteiger partial charge in [0.15, 0.2) is 0 Å². The van der Waals surface area contributed by atoms with Gasteiger partial charge in [-0.3, -0.25) is 9.69 Å². The van der Waals surface area contributed by atoms with E-state index in [1.807, 2.05) is 0 Å². The molecule has 1 aromatic rings. The number of hydrogen-bond donors (Lipinski definition) is 2. The smallest absolute Gasteiger partial charge is 0.240 e. The minimum Gasteiger partial charge on any atom is -0.354 e. The number of amides is 1. The molecular formula is C24H37N3O. The van der Waals surface area contributed by atoms with E-state index >= 15 is 0 Å². The maximum Gasteiger partial charge on any atom is 0.240 e. The lowest BCUT2D eigenvalue weighted by Gasteiger charge is -2.56. The molecule has 1 saturated carbocycles. The van der Waals surface area contributed by atoms with Crippen LogP contribution in [0.3, 0.4) is 0 Å². The Labute approximate surface area is 170 Å². The number of carbonyl (C=O) groups excluding carboxylic acids is 1. The first kappa shape index (κ1) is 19.9. The monoisotopic (exact) mass is 383 g/mol. The summed E-state index contributed by atoms with van der Waals surface area (Å²) in [5.41, 5.74) is 0.936. The molecule has 154 valence electrons. The summed E-state index contributed by atoms with van der Waals surface area (Å²) >= 11 is 0. The first-order valence-electron chi connectivity index (χ1n) is 11.2. The largest absolute Gasteiger partial charge is 0.354 e. The topological polar surface area (TPSA) is 44.4 Å². The van der Waals surface area contributed by atoms with E-state index in [0.29, 0.717) is 35.6 Å². The molecule has 1 aromatic carbocycles. The molecule has 0 radical (unpaired) electrons. The van der Waals surface area contributed by atoms with Crippen LogP contribution < -0.4 is 10.6 Å². The third-order valence-electron chi connectivity index (χ3n) is 7.19. The summed E-state index contributed by atoms with van der Waals surface area (Å²) < 4.78 is 0. The van der Waals surface area contributed by atoms with Gasteiger partial charge < -0.3 is 10.6 Å². The molecule has 0 aromatic heterocycles. The van der Waals surface area contributed by atoms with Crippen LogP contribution in [0.1, 0.15) is 39.7 Å². The summed E-state index contributed by atoms with van der Waals surface area (Å²) in [4.78, 5) is 16.3. The van der Waals surface area contributed by atoms with Gasteiger partial charge in [0.2, 0.25) is 5.91 Å². The lowest BCUT2D eigenvalue weighted by molar-refractivity contribution is -0.138. The van der Waals surface area contributed by atoms with Gasteiger partial charge in [-0.25, -0.2) is 0 Å². The number of likely N-dealkylation sites (tertiary alicyclic amines) is 1. The van der Waals surface area contributed by atoms with E-state index < -0.39 is 5.54 Å². The van der Waals surface area contributed by atoms with E-state index in [-0.39, 0.29) is 5.91 Å². The minimum absolute atomic E-state index is 0.238. The predicted molar refractivity (Wildman–Crippen MR) is 114 cm³/mol. The van der Waals surface area contributed by atoms with Crippen molar-refractivity contribution in [3.8, 4) is 0 Å². The van der Waals surface area contributed by atoms with Gasteiger partial charge >= 0.3 is 0 Å². The molecule has 28 heavy (non-hydrogen) atoms. The summed E-state index contributed by atoms with van der Waals surface area (Å²) in [6.45, 7) is 13.0. The van der Waals surface area contributed by atoms with Crippen molar-refractivity contribution >= 4 is 5.91 Å². The van der Waals surface area contributed by atoms with E-state index in [1.54, 1.807) is 0 Å². The fourth-order valence-electron chi connectivity index (χ4n) is 6.15. The van der Waals surface area contributed by atoms with Crippen molar-refractivity contribution in [3.63, 3.8) is 0 Å². The van der Waals surface area contributed by atoms with Crippen molar-refractivity contribution < 1.29 is 4.79 Å². The number of benzene rings is 1. The fourth-order valence-corrected chi connectivity index (χ4v) is 6.15. The van der Waals surface area contributed by atoms with E-state index in [4.69, 9.17) is 0 Å². The van der Waals surface area contributed by atoms with Gasteiger partial charge in [-0.2, -0.15) is 0 Å². The van der Waals surface area contributed by atoms with Gasteiger partial charge in [0.1, 0.15) is 5.54 Å². The third kappa shape index (κ3) is 3.50. The second kappa shape index (κ2) is 7.79. The minimum atomic E-state index is -0.416. The van der Waals surface area contributed by atoms with Gasteiger partial charge in [-0.05, 0) is 42.1 Å². The average Bonchev–Trinajstić information content (AvgIpc) is 2.95. The number of fused-ring (bicyclic) bond motifs is 1. The van der Waals surface area contributed by atoms with Crippen LogP contribution in [0.5, 0.6) is 0 Å². The standard InChI is InChI=1S/C24H37N3O/c1-16(2)12-25-23(28)24-11-19-15-27(14-17(3)4)22(20(19)13-26-24)21(24)10-18-8-6-5-7-9-18/h5-9,16-17,19-22,26H,10-15H2,1-4H3,(H,25,28). The van der Waals surface area contributed by atoms with E-state index in [9.17, 15) is 4.79 Å². The number of nitrogens with zero attached hydrogens (tertiary/aromatic N) is 1. The molecule has 1 amide bonds. The maximum atomic E-state index is 13.5. The molecule has 1 aliphatic carbocycles. The molecule has 4 nitrogen and oxygen atoms in total. The zero-order valence-electron chi connectivity index (χ0n) is 17.9. The lowest BCUT2D eigenvalue weighted by atomic mass is 9.58. The second-order valence-corrected chi connectivity index (χ2v) is 10.2. The SMILES string of the molecule is CC(C)CNC(=O)C12CC3CN(CC(C)C)C(C3CN1)C2Cc1ccccc1. The summed E-state index contributed by atoms with van der Waals surface area (Å²) in [5.74, 6) is 3.05. The van der Waals surface area contributed by atoms with E-state index in [0.717, 1.165) is 32.5 Å². The van der Waals surface area contributed by atoms with Crippen LogP contribution in [0, 0.1) is 29.6 Å². The Balaban J connectivity index is 1.66. The Morgan fingerprint density at radius 1 is 1.21 bits per heavy atom. The fraction of sp³-hybridized carbons (Fsp3) is 0.708. The molecule has 4 fully saturated rings. The van der Waals surface area contributed by atoms with Crippen LogP contribution >= 0.6 is 0 Å². The van der Waals surface area contributed by atoms with E-state index in [2.05, 4.69) is 73.6 Å². The zero-order valence-corrected chi connectivity index (χ0v) is 17.9. The van der Waals surface area contributed by atoms with Crippen LogP contribution in [-0.4, -0.2) is 48.6 Å². The molecule has 4 aliphatic rings. The quantitative estimate of drug-likeness (QED) is 0.761. The van der Waals surface area contributed by atoms with Crippen molar-refractivity contribution in [2.24, 2.45) is 29.6 Å². The van der Waals surface area contributed by atoms with Gasteiger partial charge in [0.25, 0.3) is 0 Å². The second-order valence-electron chi connectivity index (χ2n) is 10.2. The molecule has 3 heterocycles. The average molecular weight is 384 g/mol. The Morgan fingerprint density at radius 3 is 2.64 bits per heavy atom. The van der Waals surface area contributed by atoms with E-state index in [1.165, 1.54) is 12.1 Å². The summed E-state index contributed by atoms with van der Waals surface area (Å²) in [7, 11) is 0. The van der Waals surface area contributed by atoms with Crippen molar-refractivity contribution in [2.45, 2.75) is 52.1 Å². The van der Waals surface area contributed by atoms with Gasteiger partial charge in [-0.1, -0.05) is 58.0 Å². The lowest BCUT2D eigenvalue weighted by Crippen LogP contribution is -2.74. The molecule has 2 N–H and O–H groups in total. The molecule has 3 aliphatic heterocycles. The maximum absolute atomic E-state index is 13.5. The number of carbonyl (C=O) groups is 1. The van der Waals surface area contributed by atoms with Crippen molar-refractivity contribution in [1.82, 2.24) is 15.5 Å². The van der Waals surface area contributed by atoms with Crippen molar-refractivity contribution in [2.75, 3.05) is 26.2 Å². The molecule has 5 atom stereocenters. The summed E-state index contributed by atoms with van der Waals surface area (Å²) in [6, 6.07) is 11.3. The summed E-state index contributed by atoms with van der Waals surface area (Å²) in [6.07, 6.45) is 1.97.